The highest BCUT2D eigenvalue weighted by atomic mass is 16.2. The number of amides is 2. The molecule has 0 saturated carbocycles. The lowest BCUT2D eigenvalue weighted by Crippen LogP contribution is -2.50. The molecule has 1 aromatic carbocycles. The Morgan fingerprint density at radius 2 is 1.64 bits per heavy atom. The van der Waals surface area contributed by atoms with Crippen LogP contribution in [0.5, 0.6) is 0 Å². The molecule has 0 radical (unpaired) electrons. The van der Waals surface area contributed by atoms with E-state index in [4.69, 9.17) is 5.73 Å². The summed E-state index contributed by atoms with van der Waals surface area (Å²) in [6, 6.07) is 6.85. The third-order valence-electron chi connectivity index (χ3n) is 4.56. The molecule has 0 fully saturated rings. The Balaban J connectivity index is 2.73. The number of nitrogens with zero attached hydrogens (tertiary/aromatic N) is 1. The lowest BCUT2D eigenvalue weighted by atomic mass is 10.00. The first kappa shape index (κ1) is 21.2. The van der Waals surface area contributed by atoms with Gasteiger partial charge in [-0.25, -0.2) is 0 Å². The van der Waals surface area contributed by atoms with Crippen LogP contribution >= 0.6 is 0 Å². The van der Waals surface area contributed by atoms with Crippen molar-refractivity contribution in [2.45, 2.75) is 53.1 Å². The molecule has 0 bridgehead atoms. The van der Waals surface area contributed by atoms with Crippen LogP contribution in [-0.4, -0.2) is 42.4 Å². The van der Waals surface area contributed by atoms with Crippen LogP contribution in [0.2, 0.25) is 0 Å². The van der Waals surface area contributed by atoms with Gasteiger partial charge in [-0.2, -0.15) is 0 Å². The van der Waals surface area contributed by atoms with E-state index in [1.807, 2.05) is 32.9 Å². The van der Waals surface area contributed by atoms with E-state index in [1.165, 1.54) is 0 Å². The molecule has 0 aromatic heterocycles. The third-order valence-corrected chi connectivity index (χ3v) is 4.56. The molecule has 0 spiro atoms. The number of rotatable bonds is 8. The Morgan fingerprint density at radius 3 is 2.12 bits per heavy atom. The fourth-order valence-electron chi connectivity index (χ4n) is 2.47. The molecule has 140 valence electrons. The van der Waals surface area contributed by atoms with Crippen molar-refractivity contribution in [1.29, 1.82) is 0 Å². The van der Waals surface area contributed by atoms with E-state index < -0.39 is 6.04 Å². The maximum absolute atomic E-state index is 12.8. The van der Waals surface area contributed by atoms with Gasteiger partial charge in [0.15, 0.2) is 0 Å². The normalized spacial score (nSPS) is 13.6. The maximum atomic E-state index is 12.8. The molecule has 0 aliphatic heterocycles. The van der Waals surface area contributed by atoms with Crippen LogP contribution in [0, 0.1) is 18.8 Å². The fraction of sp³-hybridized carbons (Fsp3) is 0.600. The van der Waals surface area contributed by atoms with E-state index in [-0.39, 0.29) is 23.8 Å². The van der Waals surface area contributed by atoms with Crippen molar-refractivity contribution in [2.24, 2.45) is 17.6 Å². The van der Waals surface area contributed by atoms with Gasteiger partial charge < -0.3 is 16.0 Å². The average Bonchev–Trinajstić information content (AvgIpc) is 2.56. The van der Waals surface area contributed by atoms with Gasteiger partial charge in [-0.15, -0.1) is 0 Å². The summed E-state index contributed by atoms with van der Waals surface area (Å²) in [5.41, 5.74) is 7.72. The fourth-order valence-corrected chi connectivity index (χ4v) is 2.47. The molecule has 2 amide bonds. The smallest absolute Gasteiger partial charge is 0.251 e. The van der Waals surface area contributed by atoms with E-state index >= 15 is 0 Å². The predicted molar refractivity (Wildman–Crippen MR) is 102 cm³/mol. The molecular weight excluding hydrogens is 314 g/mol. The van der Waals surface area contributed by atoms with E-state index in [0.29, 0.717) is 18.0 Å². The molecule has 3 N–H and O–H groups in total. The first-order valence-electron chi connectivity index (χ1n) is 9.01. The largest absolute Gasteiger partial charge is 0.344 e. The number of nitrogens with one attached hydrogen (secondary N) is 1. The van der Waals surface area contributed by atoms with Crippen molar-refractivity contribution < 1.29 is 9.59 Å². The molecule has 1 rings (SSSR count). The van der Waals surface area contributed by atoms with E-state index in [0.717, 1.165) is 12.0 Å². The zero-order chi connectivity index (χ0) is 19.1. The summed E-state index contributed by atoms with van der Waals surface area (Å²) in [7, 11) is 1.77. The van der Waals surface area contributed by atoms with Crippen LogP contribution in [0.3, 0.4) is 0 Å². The first-order chi connectivity index (χ1) is 11.6. The monoisotopic (exact) mass is 347 g/mol. The number of carbonyl (C=O) groups is 2. The summed E-state index contributed by atoms with van der Waals surface area (Å²) >= 11 is 0. The highest BCUT2D eigenvalue weighted by Crippen LogP contribution is 2.10. The second-order valence-corrected chi connectivity index (χ2v) is 7.52. The van der Waals surface area contributed by atoms with Crippen molar-refractivity contribution in [3.8, 4) is 0 Å². The van der Waals surface area contributed by atoms with Crippen molar-refractivity contribution in [3.63, 3.8) is 0 Å². The van der Waals surface area contributed by atoms with Crippen LogP contribution in [0.15, 0.2) is 24.3 Å². The van der Waals surface area contributed by atoms with Crippen LogP contribution in [0.1, 0.15) is 50.0 Å². The van der Waals surface area contributed by atoms with Crippen molar-refractivity contribution in [1.82, 2.24) is 10.2 Å². The highest BCUT2D eigenvalue weighted by Gasteiger charge is 2.27. The topological polar surface area (TPSA) is 75.4 Å². The molecule has 25 heavy (non-hydrogen) atoms. The van der Waals surface area contributed by atoms with Crippen LogP contribution in [0.25, 0.3) is 0 Å². The molecule has 2 unspecified atom stereocenters. The maximum Gasteiger partial charge on any atom is 0.251 e. The zero-order valence-corrected chi connectivity index (χ0v) is 16.4. The molecule has 0 saturated heterocycles. The number of hydrogen-bond donors (Lipinski definition) is 2. The van der Waals surface area contributed by atoms with Gasteiger partial charge in [-0.3, -0.25) is 9.59 Å². The van der Waals surface area contributed by atoms with Crippen LogP contribution in [-0.2, 0) is 4.79 Å². The lowest BCUT2D eigenvalue weighted by molar-refractivity contribution is -0.133. The lowest BCUT2D eigenvalue weighted by Gasteiger charge is -2.28. The van der Waals surface area contributed by atoms with E-state index in [2.05, 4.69) is 19.2 Å². The Kier molecular flexibility index (Phi) is 8.10. The SMILES string of the molecule is Cc1ccc(C(=O)NC(C(=O)N(C)CCC(N)C(C)C)C(C)C)cc1. The molecule has 1 aromatic rings. The summed E-state index contributed by atoms with van der Waals surface area (Å²) in [6.07, 6.45) is 0.747. The van der Waals surface area contributed by atoms with Gasteiger partial charge >= 0.3 is 0 Å². The first-order valence-corrected chi connectivity index (χ1v) is 9.01. The molecule has 0 aliphatic rings. The average molecular weight is 348 g/mol. The van der Waals surface area contributed by atoms with E-state index in [9.17, 15) is 9.59 Å². The van der Waals surface area contributed by atoms with Crippen molar-refractivity contribution >= 4 is 11.8 Å². The second kappa shape index (κ2) is 9.56. The van der Waals surface area contributed by atoms with Gasteiger partial charge in [0, 0.05) is 25.2 Å². The number of benzene rings is 1. The van der Waals surface area contributed by atoms with Crippen molar-refractivity contribution in [3.05, 3.63) is 35.4 Å². The minimum absolute atomic E-state index is 0.00289. The second-order valence-electron chi connectivity index (χ2n) is 7.52. The van der Waals surface area contributed by atoms with Crippen molar-refractivity contribution in [2.75, 3.05) is 13.6 Å². The Labute approximate surface area is 152 Å². The number of hydrogen-bond acceptors (Lipinski definition) is 3. The summed E-state index contributed by atoms with van der Waals surface area (Å²) in [4.78, 5) is 26.9. The summed E-state index contributed by atoms with van der Waals surface area (Å²) in [5, 5.41) is 2.88. The molecular formula is C20H33N3O2. The predicted octanol–water partition coefficient (Wildman–Crippen LogP) is 2.58. The van der Waals surface area contributed by atoms with Gasteiger partial charge in [0.1, 0.15) is 6.04 Å². The molecule has 0 aliphatic carbocycles. The minimum Gasteiger partial charge on any atom is -0.344 e. The third kappa shape index (κ3) is 6.50. The highest BCUT2D eigenvalue weighted by molar-refractivity contribution is 5.97. The van der Waals surface area contributed by atoms with Gasteiger partial charge in [0.2, 0.25) is 5.91 Å². The quantitative estimate of drug-likeness (QED) is 0.759. The Hall–Kier alpha value is -1.88. The number of likely N-dealkylation sites (N-methyl/N-ethyl adjacent to an activating group) is 1. The molecule has 5 nitrogen and oxygen atoms in total. The molecule has 0 heterocycles. The van der Waals surface area contributed by atoms with Gasteiger partial charge in [-0.1, -0.05) is 45.4 Å². The Morgan fingerprint density at radius 1 is 1.08 bits per heavy atom. The summed E-state index contributed by atoms with van der Waals surface area (Å²) in [6.45, 7) is 10.6. The Bertz CT molecular complexity index is 567. The van der Waals surface area contributed by atoms with Gasteiger partial charge in [-0.05, 0) is 37.3 Å². The number of aryl methyl sites for hydroxylation is 1. The number of carbonyl (C=O) groups excluding carboxylic acids is 2. The van der Waals surface area contributed by atoms with Crippen LogP contribution in [0.4, 0.5) is 0 Å². The zero-order valence-electron chi connectivity index (χ0n) is 16.4. The summed E-state index contributed by atoms with van der Waals surface area (Å²) < 4.78 is 0. The minimum atomic E-state index is -0.547. The van der Waals surface area contributed by atoms with Gasteiger partial charge in [0.05, 0.1) is 0 Å². The van der Waals surface area contributed by atoms with E-state index in [1.54, 1.807) is 24.1 Å². The van der Waals surface area contributed by atoms with Gasteiger partial charge in [0.25, 0.3) is 5.91 Å². The molecule has 5 heteroatoms. The molecule has 2 atom stereocenters. The van der Waals surface area contributed by atoms with Crippen LogP contribution < -0.4 is 11.1 Å². The standard InChI is InChI=1S/C20H33N3O2/c1-13(2)17(21)11-12-23(6)20(25)18(14(3)4)22-19(24)16-9-7-15(5)8-10-16/h7-10,13-14,17-18H,11-12,21H2,1-6H3,(H,22,24). The number of nitrogens with two attached hydrogens (primary N) is 1. The summed E-state index contributed by atoms with van der Waals surface area (Å²) in [5.74, 6) is 0.0829.